The van der Waals surface area contributed by atoms with Gasteiger partial charge in [-0.25, -0.2) is 0 Å². The number of rotatable bonds is 9. The molecule has 1 aromatic carbocycles. The Morgan fingerprint density at radius 2 is 2.05 bits per heavy atom. The molecule has 0 bridgehead atoms. The molecule has 20 heavy (non-hydrogen) atoms. The first-order chi connectivity index (χ1) is 9.69. The highest BCUT2D eigenvalue weighted by atomic mass is 16.5. The highest BCUT2D eigenvalue weighted by molar-refractivity contribution is 5.60. The summed E-state index contributed by atoms with van der Waals surface area (Å²) >= 11 is 0. The Morgan fingerprint density at radius 3 is 2.75 bits per heavy atom. The van der Waals surface area contributed by atoms with Gasteiger partial charge in [0.25, 0.3) is 0 Å². The van der Waals surface area contributed by atoms with Crippen molar-refractivity contribution >= 4 is 11.4 Å². The van der Waals surface area contributed by atoms with E-state index in [0.29, 0.717) is 0 Å². The van der Waals surface area contributed by atoms with Crippen molar-refractivity contribution in [2.45, 2.75) is 26.2 Å². The summed E-state index contributed by atoms with van der Waals surface area (Å²) in [5.41, 5.74) is 7.74. The second-order valence-corrected chi connectivity index (χ2v) is 5.55. The fourth-order valence-electron chi connectivity index (χ4n) is 1.99. The largest absolute Gasteiger partial charge is 0.493 e. The standard InChI is InChI=1S/C16H26N2O2/c1-3-7-20-16-10-14(17)9-15(11-16)18(2)6-8-19-12-13-4-5-13/h9-11,13H,3-8,12,17H2,1-2H3. The minimum atomic E-state index is 0.719. The van der Waals surface area contributed by atoms with Gasteiger partial charge in [-0.3, -0.25) is 0 Å². The second-order valence-electron chi connectivity index (χ2n) is 5.55. The summed E-state index contributed by atoms with van der Waals surface area (Å²) in [5, 5.41) is 0. The molecule has 2 rings (SSSR count). The van der Waals surface area contributed by atoms with Crippen molar-refractivity contribution in [1.29, 1.82) is 0 Å². The first kappa shape index (κ1) is 15.0. The number of ether oxygens (including phenoxy) is 2. The van der Waals surface area contributed by atoms with E-state index in [9.17, 15) is 0 Å². The Kier molecular flexibility index (Phi) is 5.53. The number of hydrogen-bond donors (Lipinski definition) is 1. The Hall–Kier alpha value is -1.42. The first-order valence-electron chi connectivity index (χ1n) is 7.51. The average molecular weight is 278 g/mol. The van der Waals surface area contributed by atoms with Crippen LogP contribution in [0.3, 0.4) is 0 Å². The summed E-state index contributed by atoms with van der Waals surface area (Å²) in [6.45, 7) is 5.35. The van der Waals surface area contributed by atoms with E-state index in [0.717, 1.165) is 55.8 Å². The molecule has 112 valence electrons. The third-order valence-electron chi connectivity index (χ3n) is 3.45. The molecule has 0 spiro atoms. The molecule has 0 aliphatic heterocycles. The van der Waals surface area contributed by atoms with Gasteiger partial charge in [-0.1, -0.05) is 6.92 Å². The molecule has 0 heterocycles. The zero-order valence-corrected chi connectivity index (χ0v) is 12.6. The molecule has 1 aromatic rings. The maximum atomic E-state index is 5.93. The first-order valence-corrected chi connectivity index (χ1v) is 7.51. The summed E-state index contributed by atoms with van der Waals surface area (Å²) in [7, 11) is 2.05. The molecule has 4 nitrogen and oxygen atoms in total. The Balaban J connectivity index is 1.83. The van der Waals surface area contributed by atoms with Gasteiger partial charge in [0, 0.05) is 43.7 Å². The minimum absolute atomic E-state index is 0.719. The van der Waals surface area contributed by atoms with Crippen LogP contribution in [-0.4, -0.2) is 33.4 Å². The van der Waals surface area contributed by atoms with Gasteiger partial charge in [0.05, 0.1) is 13.2 Å². The molecule has 1 saturated carbocycles. The van der Waals surface area contributed by atoms with Crippen molar-refractivity contribution < 1.29 is 9.47 Å². The van der Waals surface area contributed by atoms with E-state index >= 15 is 0 Å². The topological polar surface area (TPSA) is 47.7 Å². The number of hydrogen-bond acceptors (Lipinski definition) is 4. The number of likely N-dealkylation sites (N-methyl/N-ethyl adjacent to an activating group) is 1. The van der Waals surface area contributed by atoms with Crippen LogP contribution in [0, 0.1) is 5.92 Å². The quantitative estimate of drug-likeness (QED) is 0.557. The maximum Gasteiger partial charge on any atom is 0.123 e. The van der Waals surface area contributed by atoms with E-state index in [1.165, 1.54) is 12.8 Å². The van der Waals surface area contributed by atoms with Gasteiger partial charge in [-0.2, -0.15) is 0 Å². The van der Waals surface area contributed by atoms with Gasteiger partial charge in [-0.15, -0.1) is 0 Å². The molecule has 0 amide bonds. The zero-order chi connectivity index (χ0) is 14.4. The van der Waals surface area contributed by atoms with Crippen LogP contribution in [0.2, 0.25) is 0 Å². The van der Waals surface area contributed by atoms with Crippen LogP contribution in [0.25, 0.3) is 0 Å². The van der Waals surface area contributed by atoms with Crippen molar-refractivity contribution in [3.8, 4) is 5.75 Å². The molecule has 4 heteroatoms. The monoisotopic (exact) mass is 278 g/mol. The van der Waals surface area contributed by atoms with Gasteiger partial charge in [0.1, 0.15) is 5.75 Å². The third kappa shape index (κ3) is 4.93. The van der Waals surface area contributed by atoms with Crippen LogP contribution in [0.1, 0.15) is 26.2 Å². The van der Waals surface area contributed by atoms with Crippen LogP contribution < -0.4 is 15.4 Å². The summed E-state index contributed by atoms with van der Waals surface area (Å²) in [4.78, 5) is 2.15. The van der Waals surface area contributed by atoms with Crippen molar-refractivity contribution in [2.75, 3.05) is 44.0 Å². The molecular weight excluding hydrogens is 252 g/mol. The Bertz CT molecular complexity index is 419. The highest BCUT2D eigenvalue weighted by Gasteiger charge is 2.20. The molecule has 1 fully saturated rings. The number of benzene rings is 1. The average Bonchev–Trinajstić information content (AvgIpc) is 3.24. The van der Waals surface area contributed by atoms with E-state index in [2.05, 4.69) is 18.9 Å². The number of nitrogens with zero attached hydrogens (tertiary/aromatic N) is 1. The highest BCUT2D eigenvalue weighted by Crippen LogP contribution is 2.29. The SMILES string of the molecule is CCCOc1cc(N)cc(N(C)CCOCC2CC2)c1. The number of anilines is 2. The zero-order valence-electron chi connectivity index (χ0n) is 12.6. The molecule has 0 radical (unpaired) electrons. The van der Waals surface area contributed by atoms with Gasteiger partial charge in [0.2, 0.25) is 0 Å². The van der Waals surface area contributed by atoms with Crippen LogP contribution in [0.4, 0.5) is 11.4 Å². The lowest BCUT2D eigenvalue weighted by atomic mass is 10.2. The smallest absolute Gasteiger partial charge is 0.123 e. The number of nitrogen functional groups attached to an aromatic ring is 1. The van der Waals surface area contributed by atoms with Crippen LogP contribution in [0.5, 0.6) is 5.75 Å². The Morgan fingerprint density at radius 1 is 1.25 bits per heavy atom. The molecule has 0 atom stereocenters. The summed E-state index contributed by atoms with van der Waals surface area (Å²) < 4.78 is 11.3. The fourth-order valence-corrected chi connectivity index (χ4v) is 1.99. The molecule has 0 unspecified atom stereocenters. The molecule has 0 aromatic heterocycles. The van der Waals surface area contributed by atoms with Crippen LogP contribution in [-0.2, 0) is 4.74 Å². The molecule has 1 aliphatic rings. The van der Waals surface area contributed by atoms with E-state index in [1.54, 1.807) is 0 Å². The predicted molar refractivity (Wildman–Crippen MR) is 83.5 cm³/mol. The van der Waals surface area contributed by atoms with Gasteiger partial charge in [-0.05, 0) is 31.2 Å². The van der Waals surface area contributed by atoms with Crippen molar-refractivity contribution in [2.24, 2.45) is 5.92 Å². The molecule has 0 saturated heterocycles. The molecular formula is C16H26N2O2. The lowest BCUT2D eigenvalue weighted by molar-refractivity contribution is 0.131. The maximum absolute atomic E-state index is 5.93. The third-order valence-corrected chi connectivity index (χ3v) is 3.45. The minimum Gasteiger partial charge on any atom is -0.493 e. The van der Waals surface area contributed by atoms with Gasteiger partial charge in [0.15, 0.2) is 0 Å². The second kappa shape index (κ2) is 7.39. The van der Waals surface area contributed by atoms with E-state index < -0.39 is 0 Å². The van der Waals surface area contributed by atoms with Crippen LogP contribution >= 0.6 is 0 Å². The number of nitrogens with two attached hydrogens (primary N) is 1. The van der Waals surface area contributed by atoms with E-state index in [-0.39, 0.29) is 0 Å². The molecule has 1 aliphatic carbocycles. The van der Waals surface area contributed by atoms with Gasteiger partial charge >= 0.3 is 0 Å². The van der Waals surface area contributed by atoms with Crippen molar-refractivity contribution in [3.63, 3.8) is 0 Å². The van der Waals surface area contributed by atoms with E-state index in [1.807, 2.05) is 18.2 Å². The lowest BCUT2D eigenvalue weighted by Gasteiger charge is -2.20. The fraction of sp³-hybridized carbons (Fsp3) is 0.625. The normalized spacial score (nSPS) is 14.3. The van der Waals surface area contributed by atoms with Crippen molar-refractivity contribution in [3.05, 3.63) is 18.2 Å². The van der Waals surface area contributed by atoms with E-state index in [4.69, 9.17) is 15.2 Å². The lowest BCUT2D eigenvalue weighted by Crippen LogP contribution is -2.23. The molecule has 2 N–H and O–H groups in total. The van der Waals surface area contributed by atoms with Crippen molar-refractivity contribution in [1.82, 2.24) is 0 Å². The van der Waals surface area contributed by atoms with Crippen LogP contribution in [0.15, 0.2) is 18.2 Å². The summed E-state index contributed by atoms with van der Waals surface area (Å²) in [5.74, 6) is 1.66. The predicted octanol–water partition coefficient (Wildman–Crippen LogP) is 2.92. The summed E-state index contributed by atoms with van der Waals surface area (Å²) in [6, 6.07) is 5.88. The van der Waals surface area contributed by atoms with Gasteiger partial charge < -0.3 is 20.1 Å². The summed E-state index contributed by atoms with van der Waals surface area (Å²) in [6.07, 6.45) is 3.67. The Labute approximate surface area is 121 Å².